The fourth-order valence-electron chi connectivity index (χ4n) is 1.90. The Balaban J connectivity index is 2.30. The van der Waals surface area contributed by atoms with Crippen LogP contribution < -0.4 is 4.74 Å². The number of hydrogen-bond donors (Lipinski definition) is 0. The number of rotatable bonds is 7. The van der Waals surface area contributed by atoms with E-state index >= 15 is 0 Å². The number of benzene rings is 1. The first-order valence-corrected chi connectivity index (χ1v) is 6.86. The van der Waals surface area contributed by atoms with Crippen molar-refractivity contribution in [3.8, 4) is 17.1 Å². The maximum atomic E-state index is 11.7. The Kier molecular flexibility index (Phi) is 5.14. The molecule has 23 heavy (non-hydrogen) atoms. The second kappa shape index (κ2) is 7.26. The van der Waals surface area contributed by atoms with Gasteiger partial charge in [0.05, 0.1) is 11.5 Å². The molecule has 2 rings (SSSR count). The van der Waals surface area contributed by atoms with Crippen LogP contribution in [-0.4, -0.2) is 24.1 Å². The fraction of sp³-hybridized carbons (Fsp3) is 0.188. The molecule has 0 spiro atoms. The minimum Gasteiger partial charge on any atom is -0.487 e. The van der Waals surface area contributed by atoms with Crippen LogP contribution in [-0.2, 0) is 4.74 Å². The average Bonchev–Trinajstić information content (AvgIpc) is 3.03. The summed E-state index contributed by atoms with van der Waals surface area (Å²) in [4.78, 5) is 22.3. The van der Waals surface area contributed by atoms with Crippen LogP contribution in [0.4, 0.5) is 5.69 Å². The standard InChI is InChI=1S/C16H15NO6/c1-3-9-22-16(18)15-8-7-13(23-15)11-5-6-14(21-4-2)12(10-11)17(19)20/h3,5-8,10H,1,4,9H2,2H3. The lowest BCUT2D eigenvalue weighted by atomic mass is 10.1. The Morgan fingerprint density at radius 3 is 2.83 bits per heavy atom. The summed E-state index contributed by atoms with van der Waals surface area (Å²) in [6.07, 6.45) is 1.44. The van der Waals surface area contributed by atoms with Gasteiger partial charge in [-0.05, 0) is 31.2 Å². The van der Waals surface area contributed by atoms with Crippen LogP contribution >= 0.6 is 0 Å². The zero-order valence-corrected chi connectivity index (χ0v) is 12.5. The molecule has 0 aliphatic carbocycles. The summed E-state index contributed by atoms with van der Waals surface area (Å²) >= 11 is 0. The molecule has 1 aromatic carbocycles. The number of furan rings is 1. The summed E-state index contributed by atoms with van der Waals surface area (Å²) in [7, 11) is 0. The van der Waals surface area contributed by atoms with Crippen LogP contribution in [0.15, 0.2) is 47.4 Å². The molecule has 0 unspecified atom stereocenters. The van der Waals surface area contributed by atoms with Crippen molar-refractivity contribution >= 4 is 11.7 Å². The first-order valence-electron chi connectivity index (χ1n) is 6.86. The van der Waals surface area contributed by atoms with Gasteiger partial charge in [0.2, 0.25) is 5.76 Å². The Morgan fingerprint density at radius 1 is 1.39 bits per heavy atom. The summed E-state index contributed by atoms with van der Waals surface area (Å²) in [6.45, 7) is 5.58. The largest absolute Gasteiger partial charge is 0.487 e. The summed E-state index contributed by atoms with van der Waals surface area (Å²) in [5, 5.41) is 11.1. The Hall–Kier alpha value is -3.09. The quantitative estimate of drug-likeness (QED) is 0.335. The molecule has 0 saturated carbocycles. The minimum atomic E-state index is -0.628. The van der Waals surface area contributed by atoms with Gasteiger partial charge in [-0.25, -0.2) is 4.79 Å². The van der Waals surface area contributed by atoms with E-state index in [0.29, 0.717) is 17.9 Å². The van der Waals surface area contributed by atoms with Crippen molar-refractivity contribution in [2.45, 2.75) is 6.92 Å². The predicted octanol–water partition coefficient (Wildman–Crippen LogP) is 3.60. The third-order valence-corrected chi connectivity index (χ3v) is 2.88. The van der Waals surface area contributed by atoms with Gasteiger partial charge in [0.1, 0.15) is 12.4 Å². The van der Waals surface area contributed by atoms with Gasteiger partial charge in [-0.3, -0.25) is 10.1 Å². The van der Waals surface area contributed by atoms with Gasteiger partial charge in [-0.1, -0.05) is 12.7 Å². The number of hydrogen-bond acceptors (Lipinski definition) is 6. The molecule has 0 fully saturated rings. The molecule has 120 valence electrons. The number of ether oxygens (including phenoxy) is 2. The Morgan fingerprint density at radius 2 is 2.17 bits per heavy atom. The normalized spacial score (nSPS) is 10.1. The van der Waals surface area contributed by atoms with Crippen LogP contribution in [0.5, 0.6) is 5.75 Å². The van der Waals surface area contributed by atoms with Crippen molar-refractivity contribution in [3.63, 3.8) is 0 Å². The molecule has 1 aromatic heterocycles. The van der Waals surface area contributed by atoms with Crippen LogP contribution in [0.2, 0.25) is 0 Å². The number of nitrogens with zero attached hydrogens (tertiary/aromatic N) is 1. The van der Waals surface area contributed by atoms with Crippen molar-refractivity contribution in [1.29, 1.82) is 0 Å². The molecule has 0 aliphatic rings. The smallest absolute Gasteiger partial charge is 0.374 e. The van der Waals surface area contributed by atoms with Gasteiger partial charge in [0, 0.05) is 11.6 Å². The molecule has 0 radical (unpaired) electrons. The molecule has 0 bridgehead atoms. The molecular formula is C16H15NO6. The third kappa shape index (κ3) is 3.76. The van der Waals surface area contributed by atoms with Crippen molar-refractivity contribution in [2.24, 2.45) is 0 Å². The second-order valence-electron chi connectivity index (χ2n) is 4.42. The van der Waals surface area contributed by atoms with E-state index in [1.807, 2.05) is 0 Å². The molecule has 0 amide bonds. The van der Waals surface area contributed by atoms with E-state index in [9.17, 15) is 14.9 Å². The Labute approximate surface area is 132 Å². The van der Waals surface area contributed by atoms with E-state index in [0.717, 1.165) is 0 Å². The number of esters is 1. The number of carbonyl (C=O) groups excluding carboxylic acids is 1. The number of carbonyl (C=O) groups is 1. The van der Waals surface area contributed by atoms with Crippen LogP contribution in [0, 0.1) is 10.1 Å². The molecule has 2 aromatic rings. The lowest BCUT2D eigenvalue weighted by Crippen LogP contribution is -2.03. The van der Waals surface area contributed by atoms with Gasteiger partial charge in [-0.15, -0.1) is 0 Å². The van der Waals surface area contributed by atoms with Crippen molar-refractivity contribution in [1.82, 2.24) is 0 Å². The highest BCUT2D eigenvalue weighted by Crippen LogP contribution is 2.33. The molecule has 1 heterocycles. The van der Waals surface area contributed by atoms with E-state index in [2.05, 4.69) is 6.58 Å². The average molecular weight is 317 g/mol. The van der Waals surface area contributed by atoms with Crippen molar-refractivity contribution in [3.05, 3.63) is 58.9 Å². The molecule has 7 nitrogen and oxygen atoms in total. The highest BCUT2D eigenvalue weighted by atomic mass is 16.6. The zero-order chi connectivity index (χ0) is 16.8. The van der Waals surface area contributed by atoms with Crippen molar-refractivity contribution in [2.75, 3.05) is 13.2 Å². The molecule has 0 N–H and O–H groups in total. The number of nitro benzene ring substituents is 1. The summed E-state index contributed by atoms with van der Waals surface area (Å²) in [6, 6.07) is 7.44. The first kappa shape index (κ1) is 16.3. The SMILES string of the molecule is C=CCOC(=O)c1ccc(-c2ccc(OCC)c([N+](=O)[O-])c2)o1. The second-order valence-corrected chi connectivity index (χ2v) is 4.42. The predicted molar refractivity (Wildman–Crippen MR) is 82.4 cm³/mol. The molecule has 0 aliphatic heterocycles. The summed E-state index contributed by atoms with van der Waals surface area (Å²) < 4.78 is 15.5. The van der Waals surface area contributed by atoms with E-state index in [1.165, 1.54) is 24.3 Å². The maximum Gasteiger partial charge on any atom is 0.374 e. The van der Waals surface area contributed by atoms with Gasteiger partial charge >= 0.3 is 11.7 Å². The Bertz CT molecular complexity index is 734. The monoisotopic (exact) mass is 317 g/mol. The van der Waals surface area contributed by atoms with Crippen LogP contribution in [0.1, 0.15) is 17.5 Å². The maximum absolute atomic E-state index is 11.7. The highest BCUT2D eigenvalue weighted by molar-refractivity contribution is 5.87. The highest BCUT2D eigenvalue weighted by Gasteiger charge is 2.19. The van der Waals surface area contributed by atoms with E-state index in [-0.39, 0.29) is 23.8 Å². The number of nitro groups is 1. The van der Waals surface area contributed by atoms with Gasteiger partial charge in [0.15, 0.2) is 5.75 Å². The molecule has 7 heteroatoms. The van der Waals surface area contributed by atoms with E-state index in [4.69, 9.17) is 13.9 Å². The minimum absolute atomic E-state index is 0.0124. The van der Waals surface area contributed by atoms with Crippen LogP contribution in [0.25, 0.3) is 11.3 Å². The van der Waals surface area contributed by atoms with Gasteiger partial charge in [0.25, 0.3) is 0 Å². The van der Waals surface area contributed by atoms with Crippen LogP contribution in [0.3, 0.4) is 0 Å². The first-order chi connectivity index (χ1) is 11.1. The van der Waals surface area contributed by atoms with E-state index in [1.54, 1.807) is 19.1 Å². The van der Waals surface area contributed by atoms with Gasteiger partial charge < -0.3 is 13.9 Å². The summed E-state index contributed by atoms with van der Waals surface area (Å²) in [5.74, 6) is -0.116. The van der Waals surface area contributed by atoms with Crippen molar-refractivity contribution < 1.29 is 23.6 Å². The third-order valence-electron chi connectivity index (χ3n) is 2.88. The summed E-state index contributed by atoms with van der Waals surface area (Å²) in [5.41, 5.74) is 0.291. The van der Waals surface area contributed by atoms with E-state index < -0.39 is 10.9 Å². The fourth-order valence-corrected chi connectivity index (χ4v) is 1.90. The lowest BCUT2D eigenvalue weighted by molar-refractivity contribution is -0.385. The molecular weight excluding hydrogens is 302 g/mol. The zero-order valence-electron chi connectivity index (χ0n) is 12.5. The van der Waals surface area contributed by atoms with Gasteiger partial charge in [-0.2, -0.15) is 0 Å². The lowest BCUT2D eigenvalue weighted by Gasteiger charge is -2.05. The topological polar surface area (TPSA) is 91.8 Å². The molecule has 0 atom stereocenters. The molecule has 0 saturated heterocycles.